The summed E-state index contributed by atoms with van der Waals surface area (Å²) in [4.78, 5) is 7.94. The first-order valence-electron chi connectivity index (χ1n) is 10.9. The molecule has 2 aromatic rings. The number of aromatic hydroxyl groups is 2. The summed E-state index contributed by atoms with van der Waals surface area (Å²) >= 11 is 4.87. The zero-order chi connectivity index (χ0) is 25.4. The largest absolute Gasteiger partial charge is 0.504 e. The van der Waals surface area contributed by atoms with Crippen LogP contribution in [0.15, 0.2) is 40.4 Å². The molecule has 1 fully saturated rings. The molecule has 35 heavy (non-hydrogen) atoms. The Morgan fingerprint density at radius 3 is 2.43 bits per heavy atom. The van der Waals surface area contributed by atoms with Crippen molar-refractivity contribution >= 4 is 40.7 Å². The number of anilines is 1. The molecule has 0 aliphatic carbocycles. The van der Waals surface area contributed by atoms with E-state index in [2.05, 4.69) is 20.3 Å². The number of hydrogen-bond donors (Lipinski definition) is 4. The summed E-state index contributed by atoms with van der Waals surface area (Å²) < 4.78 is 34.5. The fraction of sp³-hybridized carbons (Fsp3) is 0.348. The Kier molecular flexibility index (Phi) is 9.15. The number of piperazine rings is 1. The van der Waals surface area contributed by atoms with E-state index in [-0.39, 0.29) is 34.6 Å². The van der Waals surface area contributed by atoms with Crippen molar-refractivity contribution in [2.75, 3.05) is 51.3 Å². The average Bonchev–Trinajstić information content (AvgIpc) is 2.85. The lowest BCUT2D eigenvalue weighted by molar-refractivity contribution is 0.259. The van der Waals surface area contributed by atoms with Crippen molar-refractivity contribution in [3.63, 3.8) is 0 Å². The number of phenolic OH excluding ortho intramolecular Hbond substituents is 2. The number of halogens is 2. The van der Waals surface area contributed by atoms with Crippen LogP contribution in [0.2, 0.25) is 0 Å². The second-order valence-electron chi connectivity index (χ2n) is 7.88. The number of nitrogens with zero attached hydrogens (tertiary/aromatic N) is 4. The van der Waals surface area contributed by atoms with Crippen LogP contribution >= 0.6 is 12.2 Å². The second-order valence-corrected chi connectivity index (χ2v) is 8.25. The van der Waals surface area contributed by atoms with Crippen molar-refractivity contribution in [3.8, 4) is 11.5 Å². The van der Waals surface area contributed by atoms with Crippen molar-refractivity contribution in [1.82, 2.24) is 10.2 Å². The number of ether oxygens (including phenoxy) is 1. The summed E-state index contributed by atoms with van der Waals surface area (Å²) in [7, 11) is 1.42. The molecular weight excluding hydrogens is 478 g/mol. The van der Waals surface area contributed by atoms with Crippen LogP contribution in [0.4, 0.5) is 20.2 Å². The van der Waals surface area contributed by atoms with Crippen LogP contribution in [-0.2, 0) is 11.2 Å². The molecule has 0 spiro atoms. The molecule has 1 heterocycles. The standard InChI is InChI=1S/C23H28F2N6O3S/c1-34-23(35)28-14-17(29-26)13-27-16-11-18(24)22(19(25)12-16)31-8-6-30(7-9-31)5-4-15-2-3-20(32)21(33)10-15/h2-3,10-13,32-33H,4-9,14,26H2,1H3,(H,28,35). The van der Waals surface area contributed by atoms with Crippen LogP contribution in [0.3, 0.4) is 0 Å². The van der Waals surface area contributed by atoms with Gasteiger partial charge in [-0.3, -0.25) is 9.89 Å². The molecule has 2 aromatic carbocycles. The molecule has 5 N–H and O–H groups in total. The Bertz CT molecular complexity index is 1080. The highest BCUT2D eigenvalue weighted by molar-refractivity contribution is 7.80. The number of benzene rings is 2. The van der Waals surface area contributed by atoms with E-state index in [0.29, 0.717) is 38.3 Å². The number of methoxy groups -OCH3 is 1. The van der Waals surface area contributed by atoms with E-state index in [0.717, 1.165) is 12.1 Å². The van der Waals surface area contributed by atoms with Crippen molar-refractivity contribution in [2.24, 2.45) is 15.9 Å². The summed E-state index contributed by atoms with van der Waals surface area (Å²) in [6, 6.07) is 7.08. The fourth-order valence-corrected chi connectivity index (χ4v) is 3.72. The van der Waals surface area contributed by atoms with Crippen molar-refractivity contribution < 1.29 is 23.7 Å². The summed E-state index contributed by atoms with van der Waals surface area (Å²) in [6.07, 6.45) is 1.98. The van der Waals surface area contributed by atoms with Crippen molar-refractivity contribution in [2.45, 2.75) is 6.42 Å². The zero-order valence-corrected chi connectivity index (χ0v) is 20.1. The van der Waals surface area contributed by atoms with Gasteiger partial charge < -0.3 is 31.0 Å². The van der Waals surface area contributed by atoms with Gasteiger partial charge in [-0.1, -0.05) is 6.07 Å². The van der Waals surface area contributed by atoms with Crippen LogP contribution in [0, 0.1) is 11.6 Å². The number of phenols is 2. The molecule has 0 bridgehead atoms. The molecule has 1 saturated heterocycles. The van der Waals surface area contributed by atoms with E-state index in [9.17, 15) is 19.0 Å². The monoisotopic (exact) mass is 506 g/mol. The number of hydrogen-bond acceptors (Lipinski definition) is 9. The molecule has 0 radical (unpaired) electrons. The Balaban J connectivity index is 1.57. The van der Waals surface area contributed by atoms with Crippen LogP contribution in [-0.4, -0.2) is 78.6 Å². The quantitative estimate of drug-likeness (QED) is 0.142. The number of nitrogens with two attached hydrogens (primary N) is 1. The first-order chi connectivity index (χ1) is 16.8. The third kappa shape index (κ3) is 7.23. The molecule has 3 rings (SSSR count). The Hall–Kier alpha value is -3.51. The number of aliphatic imine (C=N–C) groups is 1. The highest BCUT2D eigenvalue weighted by atomic mass is 32.1. The highest BCUT2D eigenvalue weighted by Gasteiger charge is 2.23. The smallest absolute Gasteiger partial charge is 0.256 e. The molecule has 12 heteroatoms. The van der Waals surface area contributed by atoms with Gasteiger partial charge in [0, 0.05) is 44.9 Å². The Morgan fingerprint density at radius 2 is 1.83 bits per heavy atom. The summed E-state index contributed by atoms with van der Waals surface area (Å²) in [6.45, 7) is 3.07. The van der Waals surface area contributed by atoms with Gasteiger partial charge in [0.1, 0.15) is 5.69 Å². The van der Waals surface area contributed by atoms with Gasteiger partial charge in [-0.2, -0.15) is 5.10 Å². The second kappa shape index (κ2) is 12.3. The van der Waals surface area contributed by atoms with Gasteiger partial charge in [0.2, 0.25) is 0 Å². The summed E-state index contributed by atoms with van der Waals surface area (Å²) in [5.74, 6) is 3.62. The molecule has 1 aliphatic rings. The molecule has 1 aliphatic heterocycles. The summed E-state index contributed by atoms with van der Waals surface area (Å²) in [5, 5.41) is 25.5. The van der Waals surface area contributed by atoms with Gasteiger partial charge >= 0.3 is 0 Å². The average molecular weight is 507 g/mol. The van der Waals surface area contributed by atoms with E-state index in [4.69, 9.17) is 22.8 Å². The molecular formula is C23H28F2N6O3S. The maximum absolute atomic E-state index is 14.8. The van der Waals surface area contributed by atoms with Crippen molar-refractivity contribution in [3.05, 3.63) is 47.5 Å². The molecule has 0 atom stereocenters. The van der Waals surface area contributed by atoms with Gasteiger partial charge in [0.15, 0.2) is 23.1 Å². The first kappa shape index (κ1) is 26.1. The highest BCUT2D eigenvalue weighted by Crippen LogP contribution is 2.29. The lowest BCUT2D eigenvalue weighted by Gasteiger charge is -2.36. The van der Waals surface area contributed by atoms with E-state index in [1.807, 2.05) is 0 Å². The molecule has 0 aromatic heterocycles. The van der Waals surface area contributed by atoms with Gasteiger partial charge in [0.05, 0.1) is 31.3 Å². The lowest BCUT2D eigenvalue weighted by atomic mass is 10.1. The minimum absolute atomic E-state index is 0.0770. The van der Waals surface area contributed by atoms with Gasteiger partial charge in [0.25, 0.3) is 5.17 Å². The van der Waals surface area contributed by atoms with E-state index in [1.54, 1.807) is 11.0 Å². The number of hydrazone groups is 1. The molecule has 188 valence electrons. The van der Waals surface area contributed by atoms with Gasteiger partial charge in [-0.05, 0) is 36.3 Å². The predicted molar refractivity (Wildman–Crippen MR) is 136 cm³/mol. The Morgan fingerprint density at radius 1 is 1.14 bits per heavy atom. The van der Waals surface area contributed by atoms with Crippen LogP contribution in [0.5, 0.6) is 11.5 Å². The summed E-state index contributed by atoms with van der Waals surface area (Å²) in [5.41, 5.74) is 1.23. The van der Waals surface area contributed by atoms with Crippen LogP contribution in [0.1, 0.15) is 5.56 Å². The first-order valence-corrected chi connectivity index (χ1v) is 11.3. The third-order valence-corrected chi connectivity index (χ3v) is 5.89. The van der Waals surface area contributed by atoms with E-state index in [1.165, 1.54) is 37.6 Å². The molecule has 0 amide bonds. The van der Waals surface area contributed by atoms with Gasteiger partial charge in [-0.15, -0.1) is 0 Å². The predicted octanol–water partition coefficient (Wildman–Crippen LogP) is 2.28. The topological polar surface area (TPSA) is 119 Å². The lowest BCUT2D eigenvalue weighted by Crippen LogP contribution is -2.47. The number of rotatable bonds is 8. The van der Waals surface area contributed by atoms with Crippen molar-refractivity contribution in [1.29, 1.82) is 0 Å². The fourth-order valence-electron chi connectivity index (χ4n) is 3.64. The SMILES string of the molecule is COC(=S)NCC(C=Nc1cc(F)c(N2CCN(CCc3ccc(O)c(O)c3)CC2)c(F)c1)=NN. The normalized spacial score (nSPS) is 14.9. The van der Waals surface area contributed by atoms with E-state index >= 15 is 0 Å². The minimum Gasteiger partial charge on any atom is -0.504 e. The zero-order valence-electron chi connectivity index (χ0n) is 19.2. The molecule has 9 nitrogen and oxygen atoms in total. The Labute approximate surface area is 207 Å². The van der Waals surface area contributed by atoms with Crippen LogP contribution in [0.25, 0.3) is 0 Å². The molecule has 0 saturated carbocycles. The van der Waals surface area contributed by atoms with Gasteiger partial charge in [-0.25, -0.2) is 8.78 Å². The third-order valence-electron chi connectivity index (χ3n) is 5.57. The van der Waals surface area contributed by atoms with E-state index < -0.39 is 11.6 Å². The number of thiocarbonyl (C=S) groups is 1. The van der Waals surface area contributed by atoms with Crippen LogP contribution < -0.4 is 16.1 Å². The maximum Gasteiger partial charge on any atom is 0.256 e. The number of nitrogens with one attached hydrogen (secondary N) is 1. The maximum atomic E-state index is 14.8. The minimum atomic E-state index is -0.699. The molecule has 0 unspecified atom stereocenters.